The molecule has 0 spiro atoms. The number of benzene rings is 1. The SMILES string of the molecule is N#CC1OC(c2ccncc2NC(=O)c2nc(-c3c(F)cccc3F)c(F)cc2N)CC(O)C1O. The Labute approximate surface area is 196 Å². The molecule has 1 saturated heterocycles. The van der Waals surface area contributed by atoms with Gasteiger partial charge in [0.05, 0.1) is 41.4 Å². The van der Waals surface area contributed by atoms with Gasteiger partial charge in [0.25, 0.3) is 5.91 Å². The van der Waals surface area contributed by atoms with Gasteiger partial charge in [0, 0.05) is 24.2 Å². The lowest BCUT2D eigenvalue weighted by Gasteiger charge is -2.34. The number of ether oxygens (including phenoxy) is 1. The van der Waals surface area contributed by atoms with E-state index in [0.717, 1.165) is 24.3 Å². The van der Waals surface area contributed by atoms with E-state index in [9.17, 15) is 33.4 Å². The lowest BCUT2D eigenvalue weighted by atomic mass is 9.94. The molecule has 0 bridgehead atoms. The number of pyridine rings is 2. The van der Waals surface area contributed by atoms with Gasteiger partial charge < -0.3 is 26.0 Å². The van der Waals surface area contributed by atoms with E-state index in [0.29, 0.717) is 5.56 Å². The van der Waals surface area contributed by atoms with Crippen LogP contribution in [0.2, 0.25) is 0 Å². The number of aliphatic hydroxyl groups excluding tert-OH is 2. The highest BCUT2D eigenvalue weighted by Crippen LogP contribution is 2.35. The second kappa shape index (κ2) is 9.67. The van der Waals surface area contributed by atoms with Gasteiger partial charge in [0.1, 0.15) is 23.4 Å². The van der Waals surface area contributed by atoms with Gasteiger partial charge in [-0.1, -0.05) is 6.07 Å². The summed E-state index contributed by atoms with van der Waals surface area (Å²) in [7, 11) is 0. The molecule has 5 N–H and O–H groups in total. The van der Waals surface area contributed by atoms with Crippen molar-refractivity contribution in [1.82, 2.24) is 9.97 Å². The van der Waals surface area contributed by atoms with Crippen LogP contribution in [0.25, 0.3) is 11.3 Å². The molecule has 0 radical (unpaired) electrons. The lowest BCUT2D eigenvalue weighted by Crippen LogP contribution is -2.44. The molecule has 3 heterocycles. The van der Waals surface area contributed by atoms with Crippen molar-refractivity contribution < 1.29 is 32.9 Å². The number of hydrogen-bond donors (Lipinski definition) is 4. The highest BCUT2D eigenvalue weighted by atomic mass is 19.1. The van der Waals surface area contributed by atoms with Crippen molar-refractivity contribution in [2.75, 3.05) is 11.1 Å². The summed E-state index contributed by atoms with van der Waals surface area (Å²) in [5.74, 6) is -4.23. The Hall–Kier alpha value is -4.05. The molecule has 0 saturated carbocycles. The molecule has 180 valence electrons. The van der Waals surface area contributed by atoms with Crippen LogP contribution in [-0.2, 0) is 4.74 Å². The zero-order valence-corrected chi connectivity index (χ0v) is 17.8. The first-order chi connectivity index (χ1) is 16.7. The van der Waals surface area contributed by atoms with E-state index in [1.54, 1.807) is 6.07 Å². The minimum Gasteiger partial charge on any atom is -0.397 e. The van der Waals surface area contributed by atoms with Crippen molar-refractivity contribution >= 4 is 17.3 Å². The number of nitrogens with zero attached hydrogens (tertiary/aromatic N) is 3. The van der Waals surface area contributed by atoms with Crippen LogP contribution in [0, 0.1) is 28.8 Å². The number of aromatic nitrogens is 2. The maximum Gasteiger partial charge on any atom is 0.276 e. The predicted octanol–water partition coefficient (Wildman–Crippen LogP) is 2.47. The van der Waals surface area contributed by atoms with Crippen LogP contribution >= 0.6 is 0 Å². The third-order valence-corrected chi connectivity index (χ3v) is 5.47. The number of aliphatic hydroxyl groups is 2. The molecule has 1 fully saturated rings. The third-order valence-electron chi connectivity index (χ3n) is 5.47. The number of amides is 1. The van der Waals surface area contributed by atoms with E-state index in [2.05, 4.69) is 15.3 Å². The number of halogens is 3. The molecule has 4 unspecified atom stereocenters. The Morgan fingerprint density at radius 2 is 1.91 bits per heavy atom. The molecule has 2 aromatic heterocycles. The molecular formula is C23H18F3N5O4. The maximum absolute atomic E-state index is 14.5. The Morgan fingerprint density at radius 1 is 1.20 bits per heavy atom. The predicted molar refractivity (Wildman–Crippen MR) is 116 cm³/mol. The van der Waals surface area contributed by atoms with Gasteiger partial charge in [-0.05, 0) is 18.2 Å². The fourth-order valence-corrected chi connectivity index (χ4v) is 3.74. The molecule has 12 heteroatoms. The normalized spacial score (nSPS) is 21.8. The summed E-state index contributed by atoms with van der Waals surface area (Å²) in [6.07, 6.45) is -2.31. The molecule has 1 aliphatic heterocycles. The van der Waals surface area contributed by atoms with Gasteiger partial charge in [-0.25, -0.2) is 18.2 Å². The van der Waals surface area contributed by atoms with E-state index in [4.69, 9.17) is 10.5 Å². The smallest absolute Gasteiger partial charge is 0.276 e. The van der Waals surface area contributed by atoms with Gasteiger partial charge in [-0.2, -0.15) is 5.26 Å². The summed E-state index contributed by atoms with van der Waals surface area (Å²) in [4.78, 5) is 20.7. The molecule has 9 nitrogen and oxygen atoms in total. The fourth-order valence-electron chi connectivity index (χ4n) is 3.74. The van der Waals surface area contributed by atoms with Crippen molar-refractivity contribution in [3.63, 3.8) is 0 Å². The number of carbonyl (C=O) groups is 1. The Bertz CT molecular complexity index is 1310. The van der Waals surface area contributed by atoms with E-state index in [1.165, 1.54) is 18.5 Å². The van der Waals surface area contributed by atoms with Crippen molar-refractivity contribution in [3.8, 4) is 17.3 Å². The average molecular weight is 485 g/mol. The largest absolute Gasteiger partial charge is 0.397 e. The molecule has 0 aliphatic carbocycles. The Kier molecular flexibility index (Phi) is 6.65. The van der Waals surface area contributed by atoms with Crippen LogP contribution in [0.1, 0.15) is 28.6 Å². The number of hydrogen-bond acceptors (Lipinski definition) is 8. The number of anilines is 2. The molecule has 1 aromatic carbocycles. The monoisotopic (exact) mass is 485 g/mol. The summed E-state index contributed by atoms with van der Waals surface area (Å²) in [5.41, 5.74) is 3.78. The highest BCUT2D eigenvalue weighted by molar-refractivity contribution is 6.06. The summed E-state index contributed by atoms with van der Waals surface area (Å²) in [6, 6.07) is 6.89. The molecule has 4 rings (SSSR count). The first kappa shape index (κ1) is 24.1. The first-order valence-corrected chi connectivity index (χ1v) is 10.3. The van der Waals surface area contributed by atoms with Gasteiger partial charge in [0.15, 0.2) is 17.6 Å². The standard InChI is InChI=1S/C23H18F3N5O4/c24-11-2-1-3-12(25)19(11)20-13(26)6-14(28)21(31-20)23(34)30-15-9-29-5-4-10(15)17-7-16(32)22(33)18(8-27)35-17/h1-6,9,16-18,22,32-33H,7,28H2,(H,30,34). The minimum absolute atomic E-state index is 0.0835. The second-order valence-corrected chi connectivity index (χ2v) is 7.74. The van der Waals surface area contributed by atoms with Crippen LogP contribution in [-0.4, -0.2) is 44.4 Å². The zero-order valence-electron chi connectivity index (χ0n) is 17.8. The Morgan fingerprint density at radius 3 is 2.60 bits per heavy atom. The summed E-state index contributed by atoms with van der Waals surface area (Å²) in [6.45, 7) is 0. The van der Waals surface area contributed by atoms with Crippen molar-refractivity contribution in [3.05, 3.63) is 71.4 Å². The van der Waals surface area contributed by atoms with Gasteiger partial charge in [-0.3, -0.25) is 9.78 Å². The summed E-state index contributed by atoms with van der Waals surface area (Å²) >= 11 is 0. The van der Waals surface area contributed by atoms with Gasteiger partial charge >= 0.3 is 0 Å². The number of carbonyl (C=O) groups excluding carboxylic acids is 1. The third kappa shape index (κ3) is 4.65. The number of nitrogens with one attached hydrogen (secondary N) is 1. The molecule has 1 amide bonds. The lowest BCUT2D eigenvalue weighted by molar-refractivity contribution is -0.150. The molecule has 4 atom stereocenters. The van der Waals surface area contributed by atoms with Crippen LogP contribution in [0.3, 0.4) is 0 Å². The quantitative estimate of drug-likeness (QED) is 0.439. The average Bonchev–Trinajstić information content (AvgIpc) is 2.82. The number of nitrogens with two attached hydrogens (primary N) is 1. The van der Waals surface area contributed by atoms with E-state index < -0.39 is 64.7 Å². The Balaban J connectivity index is 1.68. The van der Waals surface area contributed by atoms with Crippen molar-refractivity contribution in [2.24, 2.45) is 0 Å². The summed E-state index contributed by atoms with van der Waals surface area (Å²) < 4.78 is 48.5. The molecular weight excluding hydrogens is 467 g/mol. The second-order valence-electron chi connectivity index (χ2n) is 7.74. The van der Waals surface area contributed by atoms with Crippen LogP contribution in [0.4, 0.5) is 24.5 Å². The van der Waals surface area contributed by atoms with Crippen LogP contribution < -0.4 is 11.1 Å². The van der Waals surface area contributed by atoms with Crippen molar-refractivity contribution in [1.29, 1.82) is 5.26 Å². The summed E-state index contributed by atoms with van der Waals surface area (Å²) in [5, 5.41) is 31.7. The van der Waals surface area contributed by atoms with E-state index in [1.807, 2.05) is 0 Å². The number of rotatable bonds is 4. The number of nitriles is 1. The molecule has 35 heavy (non-hydrogen) atoms. The molecule has 3 aromatic rings. The van der Waals surface area contributed by atoms with E-state index >= 15 is 0 Å². The van der Waals surface area contributed by atoms with Gasteiger partial charge in [-0.15, -0.1) is 0 Å². The zero-order chi connectivity index (χ0) is 25.3. The van der Waals surface area contributed by atoms with Crippen molar-refractivity contribution in [2.45, 2.75) is 30.8 Å². The topological polar surface area (TPSA) is 154 Å². The van der Waals surface area contributed by atoms with E-state index in [-0.39, 0.29) is 17.8 Å². The first-order valence-electron chi connectivity index (χ1n) is 10.3. The highest BCUT2D eigenvalue weighted by Gasteiger charge is 2.38. The maximum atomic E-state index is 14.5. The molecule has 1 aliphatic rings. The fraction of sp³-hybridized carbons (Fsp3) is 0.217. The minimum atomic E-state index is -1.41. The van der Waals surface area contributed by atoms with Gasteiger partial charge in [0.2, 0.25) is 0 Å². The van der Waals surface area contributed by atoms with Crippen LogP contribution in [0.5, 0.6) is 0 Å². The van der Waals surface area contributed by atoms with Crippen LogP contribution in [0.15, 0.2) is 42.7 Å². The number of nitrogen functional groups attached to an aromatic ring is 1.